The van der Waals surface area contributed by atoms with Crippen LogP contribution in [0.2, 0.25) is 0 Å². The smallest absolute Gasteiger partial charge is 0.337 e. The van der Waals surface area contributed by atoms with Crippen LogP contribution in [0.15, 0.2) is 23.1 Å². The van der Waals surface area contributed by atoms with Crippen molar-refractivity contribution in [2.45, 2.75) is 4.90 Å². The minimum atomic E-state index is -3.92. The summed E-state index contributed by atoms with van der Waals surface area (Å²) in [6.07, 6.45) is 0. The zero-order valence-corrected chi connectivity index (χ0v) is 11.2. The molecular weight excluding hydrogens is 266 g/mol. The maximum atomic E-state index is 11.4. The number of rotatable bonds is 3. The predicted octanol–water partition coefficient (Wildman–Crippen LogP) is 1.47. The lowest BCUT2D eigenvalue weighted by Crippen LogP contribution is -2.13. The third-order valence-electron chi connectivity index (χ3n) is 2.13. The molecule has 0 heterocycles. The summed E-state index contributed by atoms with van der Waals surface area (Å²) in [5.74, 6) is -0.614. The van der Waals surface area contributed by atoms with Crippen molar-refractivity contribution in [3.63, 3.8) is 0 Å². The van der Waals surface area contributed by atoms with E-state index in [1.165, 1.54) is 25.3 Å². The lowest BCUT2D eigenvalue weighted by atomic mass is 10.2. The van der Waals surface area contributed by atoms with E-state index in [-0.39, 0.29) is 10.5 Å². The Balaban J connectivity index is 3.45. The second-order valence-electron chi connectivity index (χ2n) is 3.51. The average Bonchev–Trinajstić information content (AvgIpc) is 2.25. The lowest BCUT2D eigenvalue weighted by molar-refractivity contribution is 0.0600. The lowest BCUT2D eigenvalue weighted by Gasteiger charge is -2.16. The van der Waals surface area contributed by atoms with Crippen LogP contribution in [0.25, 0.3) is 0 Å². The molecule has 1 aromatic rings. The first-order chi connectivity index (χ1) is 7.77. The molecule has 0 aliphatic heterocycles. The van der Waals surface area contributed by atoms with Crippen LogP contribution >= 0.6 is 10.7 Å². The number of carbonyl (C=O) groups excluding carboxylic acids is 1. The minimum absolute atomic E-state index is 0.118. The molecule has 0 amide bonds. The molecule has 0 saturated carbocycles. The van der Waals surface area contributed by atoms with Crippen molar-refractivity contribution in [3.8, 4) is 0 Å². The quantitative estimate of drug-likeness (QED) is 0.618. The van der Waals surface area contributed by atoms with Gasteiger partial charge in [-0.1, -0.05) is 0 Å². The topological polar surface area (TPSA) is 63.7 Å². The number of benzene rings is 1. The highest BCUT2D eigenvalue weighted by atomic mass is 35.7. The molecule has 0 spiro atoms. The summed E-state index contributed by atoms with van der Waals surface area (Å²) in [5, 5.41) is 0. The molecule has 1 aromatic carbocycles. The molecule has 0 atom stereocenters. The first-order valence-electron chi connectivity index (χ1n) is 4.61. The van der Waals surface area contributed by atoms with Gasteiger partial charge in [0, 0.05) is 24.8 Å². The number of hydrogen-bond acceptors (Lipinski definition) is 5. The van der Waals surface area contributed by atoms with Gasteiger partial charge >= 0.3 is 5.97 Å². The Kier molecular flexibility index (Phi) is 4.00. The van der Waals surface area contributed by atoms with Crippen LogP contribution in [0.4, 0.5) is 5.69 Å². The molecule has 7 heteroatoms. The van der Waals surface area contributed by atoms with Gasteiger partial charge in [0.25, 0.3) is 9.05 Å². The van der Waals surface area contributed by atoms with Crippen molar-refractivity contribution in [2.75, 3.05) is 26.1 Å². The fraction of sp³-hybridized carbons (Fsp3) is 0.300. The maximum Gasteiger partial charge on any atom is 0.337 e. The van der Waals surface area contributed by atoms with Gasteiger partial charge in [0.2, 0.25) is 0 Å². The van der Waals surface area contributed by atoms with Gasteiger partial charge in [0.1, 0.15) is 4.90 Å². The molecule has 5 nitrogen and oxygen atoms in total. The van der Waals surface area contributed by atoms with E-state index in [1.807, 2.05) is 0 Å². The largest absolute Gasteiger partial charge is 0.465 e. The number of halogens is 1. The normalized spacial score (nSPS) is 11.1. The summed E-state index contributed by atoms with van der Waals surface area (Å²) in [5.41, 5.74) is 0.546. The summed E-state index contributed by atoms with van der Waals surface area (Å²) in [6, 6.07) is 4.18. The van der Waals surface area contributed by atoms with Crippen LogP contribution in [-0.4, -0.2) is 35.6 Å². The van der Waals surface area contributed by atoms with E-state index in [0.717, 1.165) is 0 Å². The van der Waals surface area contributed by atoms with E-state index in [1.54, 1.807) is 19.0 Å². The van der Waals surface area contributed by atoms with E-state index in [2.05, 4.69) is 4.74 Å². The second kappa shape index (κ2) is 4.93. The Morgan fingerprint density at radius 1 is 1.35 bits per heavy atom. The maximum absolute atomic E-state index is 11.4. The number of anilines is 1. The SMILES string of the molecule is COC(=O)c1ccc(N(C)C)c(S(=O)(=O)Cl)c1. The van der Waals surface area contributed by atoms with Crippen molar-refractivity contribution >= 4 is 31.4 Å². The van der Waals surface area contributed by atoms with Crippen LogP contribution in [0.5, 0.6) is 0 Å². The van der Waals surface area contributed by atoms with Crippen molar-refractivity contribution < 1.29 is 17.9 Å². The van der Waals surface area contributed by atoms with Gasteiger partial charge in [0.15, 0.2) is 0 Å². The van der Waals surface area contributed by atoms with Crippen LogP contribution in [-0.2, 0) is 13.8 Å². The number of esters is 1. The summed E-state index contributed by atoms with van der Waals surface area (Å²) in [7, 11) is 5.98. The minimum Gasteiger partial charge on any atom is -0.465 e. The predicted molar refractivity (Wildman–Crippen MR) is 65.1 cm³/mol. The van der Waals surface area contributed by atoms with Gasteiger partial charge in [-0.2, -0.15) is 0 Å². The number of methoxy groups -OCH3 is 1. The third-order valence-corrected chi connectivity index (χ3v) is 3.48. The molecule has 0 bridgehead atoms. The Morgan fingerprint density at radius 3 is 2.35 bits per heavy atom. The number of nitrogens with zero attached hydrogens (tertiary/aromatic N) is 1. The van der Waals surface area contributed by atoms with E-state index in [4.69, 9.17) is 10.7 Å². The molecule has 0 radical (unpaired) electrons. The van der Waals surface area contributed by atoms with E-state index in [0.29, 0.717) is 5.69 Å². The Bertz CT molecular complexity index is 539. The van der Waals surface area contributed by atoms with Crippen molar-refractivity contribution in [2.24, 2.45) is 0 Å². The molecule has 0 unspecified atom stereocenters. The van der Waals surface area contributed by atoms with Gasteiger partial charge < -0.3 is 9.64 Å². The van der Waals surface area contributed by atoms with Crippen molar-refractivity contribution in [1.82, 2.24) is 0 Å². The first kappa shape index (κ1) is 13.8. The van der Waals surface area contributed by atoms with Gasteiger partial charge in [-0.15, -0.1) is 0 Å². The van der Waals surface area contributed by atoms with Gasteiger partial charge in [-0.05, 0) is 18.2 Å². The molecule has 17 heavy (non-hydrogen) atoms. The van der Waals surface area contributed by atoms with Crippen molar-refractivity contribution in [1.29, 1.82) is 0 Å². The summed E-state index contributed by atoms with van der Waals surface area (Å²) in [6.45, 7) is 0. The highest BCUT2D eigenvalue weighted by Gasteiger charge is 2.19. The fourth-order valence-electron chi connectivity index (χ4n) is 1.32. The monoisotopic (exact) mass is 277 g/mol. The fourth-order valence-corrected chi connectivity index (χ4v) is 2.46. The molecule has 0 aliphatic carbocycles. The van der Waals surface area contributed by atoms with E-state index in [9.17, 15) is 13.2 Å². The second-order valence-corrected chi connectivity index (χ2v) is 6.04. The third kappa shape index (κ3) is 3.10. The van der Waals surface area contributed by atoms with Crippen LogP contribution in [0.3, 0.4) is 0 Å². The highest BCUT2D eigenvalue weighted by molar-refractivity contribution is 8.13. The van der Waals surface area contributed by atoms with E-state index < -0.39 is 15.0 Å². The molecule has 0 N–H and O–H groups in total. The highest BCUT2D eigenvalue weighted by Crippen LogP contribution is 2.28. The van der Waals surface area contributed by atoms with Crippen LogP contribution in [0, 0.1) is 0 Å². The summed E-state index contributed by atoms with van der Waals surface area (Å²) >= 11 is 0. The number of carbonyl (C=O) groups is 1. The van der Waals surface area contributed by atoms with Gasteiger partial charge in [0.05, 0.1) is 18.4 Å². The number of hydrogen-bond donors (Lipinski definition) is 0. The summed E-state index contributed by atoms with van der Waals surface area (Å²) < 4.78 is 27.3. The zero-order valence-electron chi connectivity index (χ0n) is 9.60. The van der Waals surface area contributed by atoms with Crippen molar-refractivity contribution in [3.05, 3.63) is 23.8 Å². The average molecular weight is 278 g/mol. The Morgan fingerprint density at radius 2 is 1.94 bits per heavy atom. The number of ether oxygens (including phenoxy) is 1. The molecule has 1 rings (SSSR count). The molecule has 0 aliphatic rings. The van der Waals surface area contributed by atoms with E-state index >= 15 is 0 Å². The standard InChI is InChI=1S/C10H12ClNO4S/c1-12(2)8-5-4-7(10(13)16-3)6-9(8)17(11,14)15/h4-6H,1-3H3. The molecule has 0 aromatic heterocycles. The van der Waals surface area contributed by atoms with Crippen LogP contribution in [0.1, 0.15) is 10.4 Å². The molecule has 0 saturated heterocycles. The Labute approximate surface area is 104 Å². The zero-order chi connectivity index (χ0) is 13.2. The van der Waals surface area contributed by atoms with Gasteiger partial charge in [-0.3, -0.25) is 0 Å². The molecule has 0 fully saturated rings. The first-order valence-corrected chi connectivity index (χ1v) is 6.92. The Hall–Kier alpha value is -1.27. The molecule has 94 valence electrons. The van der Waals surface area contributed by atoms with Crippen LogP contribution < -0.4 is 4.90 Å². The van der Waals surface area contributed by atoms with Gasteiger partial charge in [-0.25, -0.2) is 13.2 Å². The molecular formula is C10H12ClNO4S. The summed E-state index contributed by atoms with van der Waals surface area (Å²) in [4.78, 5) is 12.8.